The maximum atomic E-state index is 5.61. The van der Waals surface area contributed by atoms with Crippen LogP contribution in [0.4, 0.5) is 5.69 Å². The van der Waals surface area contributed by atoms with Gasteiger partial charge in [-0.05, 0) is 38.1 Å². The molecule has 0 amide bonds. The van der Waals surface area contributed by atoms with Gasteiger partial charge in [0.1, 0.15) is 0 Å². The molecule has 0 bridgehead atoms. The van der Waals surface area contributed by atoms with E-state index >= 15 is 0 Å². The van der Waals surface area contributed by atoms with Gasteiger partial charge < -0.3 is 15.5 Å². The maximum absolute atomic E-state index is 5.61. The molecule has 0 saturated carbocycles. The van der Waals surface area contributed by atoms with Crippen molar-refractivity contribution in [2.45, 2.75) is 13.0 Å². The third-order valence-electron chi connectivity index (χ3n) is 3.47. The molecular formula is C13H22N4. The molecule has 94 valence electrons. The summed E-state index contributed by atoms with van der Waals surface area (Å²) in [4.78, 5) is 8.93. The third kappa shape index (κ3) is 3.17. The van der Waals surface area contributed by atoms with Crippen LogP contribution in [-0.2, 0) is 6.54 Å². The van der Waals surface area contributed by atoms with Crippen molar-refractivity contribution in [3.8, 4) is 0 Å². The molecule has 1 aliphatic heterocycles. The van der Waals surface area contributed by atoms with Crippen molar-refractivity contribution in [1.29, 1.82) is 0 Å². The highest BCUT2D eigenvalue weighted by atomic mass is 15.2. The standard InChI is InChI=1S/C13H22N4/c1-16-6-4-11(9-16)10-17(2)13-3-5-15-12(7-13)8-14/h3,5,7,11H,4,6,8-10,14H2,1-2H3. The van der Waals surface area contributed by atoms with Crippen LogP contribution in [0.5, 0.6) is 0 Å². The fourth-order valence-electron chi connectivity index (χ4n) is 2.48. The fourth-order valence-corrected chi connectivity index (χ4v) is 2.48. The largest absolute Gasteiger partial charge is 0.374 e. The van der Waals surface area contributed by atoms with E-state index in [-0.39, 0.29) is 0 Å². The number of pyridine rings is 1. The molecule has 1 saturated heterocycles. The molecule has 1 aliphatic rings. The summed E-state index contributed by atoms with van der Waals surface area (Å²) in [6, 6.07) is 4.14. The number of nitrogens with two attached hydrogens (primary N) is 1. The van der Waals surface area contributed by atoms with Gasteiger partial charge in [-0.2, -0.15) is 0 Å². The Balaban J connectivity index is 1.96. The summed E-state index contributed by atoms with van der Waals surface area (Å²) in [6.45, 7) is 4.05. The van der Waals surface area contributed by atoms with Gasteiger partial charge in [-0.3, -0.25) is 4.98 Å². The molecule has 0 aromatic carbocycles. The smallest absolute Gasteiger partial charge is 0.0560 e. The second kappa shape index (κ2) is 5.47. The molecular weight excluding hydrogens is 212 g/mol. The van der Waals surface area contributed by atoms with Gasteiger partial charge in [0.2, 0.25) is 0 Å². The normalized spacial score (nSPS) is 20.8. The Hall–Kier alpha value is -1.13. The van der Waals surface area contributed by atoms with Crippen LogP contribution < -0.4 is 10.6 Å². The first-order valence-electron chi connectivity index (χ1n) is 6.23. The van der Waals surface area contributed by atoms with Crippen LogP contribution in [0, 0.1) is 5.92 Å². The molecule has 1 atom stereocenters. The number of aromatic nitrogens is 1. The molecule has 4 nitrogen and oxygen atoms in total. The molecule has 1 fully saturated rings. The van der Waals surface area contributed by atoms with E-state index in [4.69, 9.17) is 5.73 Å². The van der Waals surface area contributed by atoms with Crippen LogP contribution >= 0.6 is 0 Å². The predicted octanol–water partition coefficient (Wildman–Crippen LogP) is 0.928. The summed E-state index contributed by atoms with van der Waals surface area (Å²) < 4.78 is 0. The molecule has 1 unspecified atom stereocenters. The lowest BCUT2D eigenvalue weighted by atomic mass is 10.1. The van der Waals surface area contributed by atoms with Crippen molar-refractivity contribution in [2.75, 3.05) is 38.6 Å². The minimum absolute atomic E-state index is 0.508. The first kappa shape index (κ1) is 12.3. The summed E-state index contributed by atoms with van der Waals surface area (Å²) in [5.74, 6) is 0.777. The Labute approximate surface area is 103 Å². The van der Waals surface area contributed by atoms with Gasteiger partial charge in [-0.1, -0.05) is 0 Å². The van der Waals surface area contributed by atoms with E-state index in [1.165, 1.54) is 25.2 Å². The number of anilines is 1. The zero-order valence-electron chi connectivity index (χ0n) is 10.8. The number of nitrogens with zero attached hydrogens (tertiary/aromatic N) is 3. The molecule has 1 aromatic heterocycles. The Morgan fingerprint density at radius 1 is 1.59 bits per heavy atom. The van der Waals surface area contributed by atoms with E-state index in [0.717, 1.165) is 18.2 Å². The van der Waals surface area contributed by atoms with Crippen molar-refractivity contribution >= 4 is 5.69 Å². The quantitative estimate of drug-likeness (QED) is 0.842. The SMILES string of the molecule is CN1CCC(CN(C)c2ccnc(CN)c2)C1. The van der Waals surface area contributed by atoms with Crippen LogP contribution in [0.15, 0.2) is 18.3 Å². The lowest BCUT2D eigenvalue weighted by Crippen LogP contribution is -2.27. The maximum Gasteiger partial charge on any atom is 0.0560 e. The van der Waals surface area contributed by atoms with E-state index in [1.54, 1.807) is 0 Å². The Kier molecular flexibility index (Phi) is 3.97. The van der Waals surface area contributed by atoms with Gasteiger partial charge >= 0.3 is 0 Å². The second-order valence-corrected chi connectivity index (χ2v) is 5.01. The molecule has 0 spiro atoms. The average Bonchev–Trinajstić information content (AvgIpc) is 2.75. The summed E-state index contributed by atoms with van der Waals surface area (Å²) in [5, 5.41) is 0. The Morgan fingerprint density at radius 2 is 2.41 bits per heavy atom. The fraction of sp³-hybridized carbons (Fsp3) is 0.615. The highest BCUT2D eigenvalue weighted by molar-refractivity contribution is 5.45. The summed E-state index contributed by atoms with van der Waals surface area (Å²) in [5.41, 5.74) is 7.79. The lowest BCUT2D eigenvalue weighted by molar-refractivity contribution is 0.396. The molecule has 2 N–H and O–H groups in total. The number of hydrogen-bond acceptors (Lipinski definition) is 4. The van der Waals surface area contributed by atoms with Crippen LogP contribution in [0.25, 0.3) is 0 Å². The van der Waals surface area contributed by atoms with Crippen LogP contribution in [0.2, 0.25) is 0 Å². The van der Waals surface area contributed by atoms with Gasteiger partial charge in [0.15, 0.2) is 0 Å². The predicted molar refractivity (Wildman–Crippen MR) is 71.0 cm³/mol. The minimum Gasteiger partial charge on any atom is -0.374 e. The van der Waals surface area contributed by atoms with Crippen molar-refractivity contribution < 1.29 is 0 Å². The monoisotopic (exact) mass is 234 g/mol. The Morgan fingerprint density at radius 3 is 3.06 bits per heavy atom. The third-order valence-corrected chi connectivity index (χ3v) is 3.47. The highest BCUT2D eigenvalue weighted by Gasteiger charge is 2.20. The van der Waals surface area contributed by atoms with Gasteiger partial charge in [-0.15, -0.1) is 0 Å². The van der Waals surface area contributed by atoms with Crippen molar-refractivity contribution in [3.63, 3.8) is 0 Å². The van der Waals surface area contributed by atoms with Gasteiger partial charge in [0, 0.05) is 38.6 Å². The number of rotatable bonds is 4. The van der Waals surface area contributed by atoms with E-state index < -0.39 is 0 Å². The first-order chi connectivity index (χ1) is 8.19. The Bertz CT molecular complexity index is 366. The first-order valence-corrected chi connectivity index (χ1v) is 6.23. The van der Waals surface area contributed by atoms with Crippen LogP contribution in [0.1, 0.15) is 12.1 Å². The number of hydrogen-bond donors (Lipinski definition) is 1. The van der Waals surface area contributed by atoms with Crippen LogP contribution in [-0.4, -0.2) is 43.6 Å². The van der Waals surface area contributed by atoms with E-state index in [9.17, 15) is 0 Å². The second-order valence-electron chi connectivity index (χ2n) is 5.01. The van der Waals surface area contributed by atoms with E-state index in [0.29, 0.717) is 6.54 Å². The molecule has 1 aromatic rings. The molecule has 2 rings (SSSR count). The van der Waals surface area contributed by atoms with Crippen LogP contribution in [0.3, 0.4) is 0 Å². The topological polar surface area (TPSA) is 45.4 Å². The summed E-state index contributed by atoms with van der Waals surface area (Å²) in [6.07, 6.45) is 3.14. The van der Waals surface area contributed by atoms with Gasteiger partial charge in [0.05, 0.1) is 5.69 Å². The summed E-state index contributed by atoms with van der Waals surface area (Å²) >= 11 is 0. The van der Waals surface area contributed by atoms with Gasteiger partial charge in [-0.25, -0.2) is 0 Å². The molecule has 0 aliphatic carbocycles. The zero-order valence-corrected chi connectivity index (χ0v) is 10.8. The van der Waals surface area contributed by atoms with Gasteiger partial charge in [0.25, 0.3) is 0 Å². The van der Waals surface area contributed by atoms with Crippen molar-refractivity contribution in [1.82, 2.24) is 9.88 Å². The van der Waals surface area contributed by atoms with E-state index in [2.05, 4.69) is 41.0 Å². The van der Waals surface area contributed by atoms with E-state index in [1.807, 2.05) is 6.20 Å². The minimum atomic E-state index is 0.508. The highest BCUT2D eigenvalue weighted by Crippen LogP contribution is 2.19. The number of likely N-dealkylation sites (tertiary alicyclic amines) is 1. The van der Waals surface area contributed by atoms with Crippen molar-refractivity contribution in [2.24, 2.45) is 11.7 Å². The van der Waals surface area contributed by atoms with Crippen molar-refractivity contribution in [3.05, 3.63) is 24.0 Å². The molecule has 2 heterocycles. The zero-order chi connectivity index (χ0) is 12.3. The molecule has 0 radical (unpaired) electrons. The lowest BCUT2D eigenvalue weighted by Gasteiger charge is -2.23. The average molecular weight is 234 g/mol. The molecule has 17 heavy (non-hydrogen) atoms. The summed E-state index contributed by atoms with van der Waals surface area (Å²) in [7, 11) is 4.34. The molecule has 4 heteroatoms.